The first-order valence-corrected chi connectivity index (χ1v) is 6.51. The smallest absolute Gasteiger partial charge is 0.182 e. The average Bonchev–Trinajstić information content (AvgIpc) is 2.90. The molecule has 94 valence electrons. The van der Waals surface area contributed by atoms with E-state index in [1.54, 1.807) is 0 Å². The van der Waals surface area contributed by atoms with E-state index in [9.17, 15) is 0 Å². The minimum absolute atomic E-state index is 0.0440. The van der Waals surface area contributed by atoms with Gasteiger partial charge in [-0.05, 0) is 31.4 Å². The van der Waals surface area contributed by atoms with Crippen LogP contribution in [0.1, 0.15) is 31.2 Å². The van der Waals surface area contributed by atoms with Crippen LogP contribution in [0.15, 0.2) is 24.3 Å². The highest BCUT2D eigenvalue weighted by atomic mass is 35.5. The number of benzene rings is 1. The van der Waals surface area contributed by atoms with E-state index in [2.05, 4.69) is 15.2 Å². The van der Waals surface area contributed by atoms with Gasteiger partial charge in [-0.15, -0.1) is 0 Å². The van der Waals surface area contributed by atoms with E-state index >= 15 is 0 Å². The van der Waals surface area contributed by atoms with Crippen molar-refractivity contribution in [2.45, 2.75) is 25.4 Å². The molecular formula is C13H14ClN3O. The Kier molecular flexibility index (Phi) is 3.30. The molecule has 18 heavy (non-hydrogen) atoms. The molecule has 1 fully saturated rings. The van der Waals surface area contributed by atoms with Crippen molar-refractivity contribution >= 4 is 11.6 Å². The van der Waals surface area contributed by atoms with Crippen LogP contribution in [0.3, 0.4) is 0 Å². The van der Waals surface area contributed by atoms with E-state index in [1.165, 1.54) is 6.42 Å². The fourth-order valence-corrected chi connectivity index (χ4v) is 2.36. The molecule has 1 atom stereocenters. The van der Waals surface area contributed by atoms with Crippen molar-refractivity contribution in [2.24, 2.45) is 0 Å². The highest BCUT2D eigenvalue weighted by Crippen LogP contribution is 2.28. The molecule has 4 nitrogen and oxygen atoms in total. The molecular weight excluding hydrogens is 250 g/mol. The van der Waals surface area contributed by atoms with Gasteiger partial charge < -0.3 is 4.74 Å². The lowest BCUT2D eigenvalue weighted by Crippen LogP contribution is -2.12. The summed E-state index contributed by atoms with van der Waals surface area (Å²) in [5, 5.41) is 7.84. The van der Waals surface area contributed by atoms with Crippen LogP contribution in [0, 0.1) is 0 Å². The number of hydrogen-bond donors (Lipinski definition) is 1. The third-order valence-electron chi connectivity index (χ3n) is 3.10. The van der Waals surface area contributed by atoms with Gasteiger partial charge in [0, 0.05) is 12.2 Å². The lowest BCUT2D eigenvalue weighted by Gasteiger charge is -2.19. The molecule has 1 aliphatic rings. The predicted octanol–water partition coefficient (Wildman–Crippen LogP) is 3.37. The van der Waals surface area contributed by atoms with Crippen LogP contribution in [0.4, 0.5) is 0 Å². The van der Waals surface area contributed by atoms with Gasteiger partial charge in [0.1, 0.15) is 6.10 Å². The number of hydrogen-bond acceptors (Lipinski definition) is 3. The van der Waals surface area contributed by atoms with Gasteiger partial charge in [-0.2, -0.15) is 5.10 Å². The van der Waals surface area contributed by atoms with Crippen LogP contribution >= 0.6 is 11.6 Å². The zero-order chi connectivity index (χ0) is 12.4. The summed E-state index contributed by atoms with van der Waals surface area (Å²) in [4.78, 5) is 4.49. The molecule has 1 aliphatic heterocycles. The molecule has 2 heterocycles. The van der Waals surface area contributed by atoms with Crippen molar-refractivity contribution in [3.05, 3.63) is 35.1 Å². The molecule has 1 aromatic carbocycles. The highest BCUT2D eigenvalue weighted by Gasteiger charge is 2.20. The monoisotopic (exact) mass is 263 g/mol. The van der Waals surface area contributed by atoms with E-state index in [4.69, 9.17) is 16.3 Å². The molecule has 5 heteroatoms. The third kappa shape index (κ3) is 2.26. The van der Waals surface area contributed by atoms with Crippen LogP contribution in [-0.2, 0) is 4.74 Å². The minimum atomic E-state index is 0.0440. The van der Waals surface area contributed by atoms with Gasteiger partial charge in [-0.1, -0.05) is 23.7 Å². The summed E-state index contributed by atoms with van der Waals surface area (Å²) in [6, 6.07) is 7.57. The second-order valence-corrected chi connectivity index (χ2v) is 4.79. The second-order valence-electron chi connectivity index (χ2n) is 4.38. The fraction of sp³-hybridized carbons (Fsp3) is 0.385. The van der Waals surface area contributed by atoms with Crippen LogP contribution < -0.4 is 0 Å². The number of nitrogens with zero attached hydrogens (tertiary/aromatic N) is 2. The van der Waals surface area contributed by atoms with E-state index < -0.39 is 0 Å². The molecule has 0 bridgehead atoms. The molecule has 1 aromatic heterocycles. The van der Waals surface area contributed by atoms with E-state index in [1.807, 2.05) is 24.3 Å². The van der Waals surface area contributed by atoms with Gasteiger partial charge in [-0.3, -0.25) is 5.10 Å². The van der Waals surface area contributed by atoms with Gasteiger partial charge in [0.15, 0.2) is 11.6 Å². The molecule has 0 saturated carbocycles. The average molecular weight is 264 g/mol. The van der Waals surface area contributed by atoms with Gasteiger partial charge in [-0.25, -0.2) is 4.98 Å². The number of aromatic nitrogens is 3. The Labute approximate surface area is 110 Å². The number of rotatable bonds is 2. The molecule has 0 amide bonds. The molecule has 0 radical (unpaired) electrons. The first-order valence-electron chi connectivity index (χ1n) is 6.13. The zero-order valence-corrected chi connectivity index (χ0v) is 10.7. The van der Waals surface area contributed by atoms with Crippen LogP contribution in [0.25, 0.3) is 11.4 Å². The Balaban J connectivity index is 1.87. The maximum Gasteiger partial charge on any atom is 0.182 e. The molecule has 3 rings (SSSR count). The molecule has 1 saturated heterocycles. The van der Waals surface area contributed by atoms with E-state index in [0.717, 1.165) is 30.8 Å². The van der Waals surface area contributed by atoms with Crippen LogP contribution in [0.2, 0.25) is 5.02 Å². The number of halogens is 1. The first kappa shape index (κ1) is 11.7. The summed E-state index contributed by atoms with van der Waals surface area (Å²) in [7, 11) is 0. The minimum Gasteiger partial charge on any atom is -0.370 e. The van der Waals surface area contributed by atoms with E-state index in [-0.39, 0.29) is 6.10 Å². The van der Waals surface area contributed by atoms with Crippen molar-refractivity contribution in [2.75, 3.05) is 6.61 Å². The Hall–Kier alpha value is -1.39. The Morgan fingerprint density at radius 3 is 2.94 bits per heavy atom. The lowest BCUT2D eigenvalue weighted by atomic mass is 10.1. The maximum atomic E-state index is 6.13. The summed E-state index contributed by atoms with van der Waals surface area (Å²) >= 11 is 6.13. The fourth-order valence-electron chi connectivity index (χ4n) is 2.14. The standard InChI is InChI=1S/C13H14ClN3O/c14-10-6-2-1-5-9(10)12-15-13(17-16-12)11-7-3-4-8-18-11/h1-2,5-6,11H,3-4,7-8H2,(H,15,16,17). The number of nitrogens with one attached hydrogen (secondary N) is 1. The van der Waals surface area contributed by atoms with Crippen molar-refractivity contribution in [3.63, 3.8) is 0 Å². The molecule has 0 spiro atoms. The van der Waals surface area contributed by atoms with Gasteiger partial charge in [0.2, 0.25) is 0 Å². The summed E-state index contributed by atoms with van der Waals surface area (Å²) in [5.41, 5.74) is 0.845. The number of aromatic amines is 1. The highest BCUT2D eigenvalue weighted by molar-refractivity contribution is 6.33. The van der Waals surface area contributed by atoms with Gasteiger partial charge in [0.25, 0.3) is 0 Å². The number of ether oxygens (including phenoxy) is 1. The molecule has 1 N–H and O–H groups in total. The van der Waals surface area contributed by atoms with Crippen molar-refractivity contribution < 1.29 is 4.74 Å². The third-order valence-corrected chi connectivity index (χ3v) is 3.43. The Morgan fingerprint density at radius 2 is 2.17 bits per heavy atom. The predicted molar refractivity (Wildman–Crippen MR) is 69.4 cm³/mol. The maximum absolute atomic E-state index is 6.13. The summed E-state index contributed by atoms with van der Waals surface area (Å²) < 4.78 is 5.68. The summed E-state index contributed by atoms with van der Waals surface area (Å²) in [5.74, 6) is 1.43. The number of H-pyrrole nitrogens is 1. The quantitative estimate of drug-likeness (QED) is 0.904. The first-order chi connectivity index (χ1) is 8.84. The Bertz CT molecular complexity index is 535. The lowest BCUT2D eigenvalue weighted by molar-refractivity contribution is 0.00969. The molecule has 1 unspecified atom stereocenters. The zero-order valence-electron chi connectivity index (χ0n) is 9.90. The molecule has 0 aliphatic carbocycles. The summed E-state index contributed by atoms with van der Waals surface area (Å²) in [6.07, 6.45) is 3.34. The SMILES string of the molecule is Clc1ccccc1-c1n[nH]c(C2CCCCO2)n1. The largest absolute Gasteiger partial charge is 0.370 e. The van der Waals surface area contributed by atoms with Crippen molar-refractivity contribution in [3.8, 4) is 11.4 Å². The second kappa shape index (κ2) is 5.08. The van der Waals surface area contributed by atoms with Crippen molar-refractivity contribution in [1.82, 2.24) is 15.2 Å². The van der Waals surface area contributed by atoms with Crippen LogP contribution in [-0.4, -0.2) is 21.8 Å². The topological polar surface area (TPSA) is 50.8 Å². The normalized spacial score (nSPS) is 19.9. The van der Waals surface area contributed by atoms with Gasteiger partial charge in [0.05, 0.1) is 5.02 Å². The van der Waals surface area contributed by atoms with Crippen LogP contribution in [0.5, 0.6) is 0 Å². The van der Waals surface area contributed by atoms with Crippen molar-refractivity contribution in [1.29, 1.82) is 0 Å². The Morgan fingerprint density at radius 1 is 1.28 bits per heavy atom. The van der Waals surface area contributed by atoms with Gasteiger partial charge >= 0.3 is 0 Å². The molecule has 2 aromatic rings. The van der Waals surface area contributed by atoms with E-state index in [0.29, 0.717) is 10.8 Å². The summed E-state index contributed by atoms with van der Waals surface area (Å²) in [6.45, 7) is 0.798.